The maximum absolute atomic E-state index is 9.88. The van der Waals surface area contributed by atoms with Gasteiger partial charge in [0, 0.05) is 5.19 Å². The molecule has 0 atom stereocenters. The molecule has 0 unspecified atom stereocenters. The summed E-state index contributed by atoms with van der Waals surface area (Å²) in [7, 11) is 1.55. The van der Waals surface area contributed by atoms with Gasteiger partial charge in [0.2, 0.25) is 0 Å². The molecule has 0 saturated carbocycles. The third-order valence-corrected chi connectivity index (χ3v) is 4.26. The highest BCUT2D eigenvalue weighted by Gasteiger charge is 2.27. The normalized spacial score (nSPS) is 11.3. The average Bonchev–Trinajstić information content (AvgIpc) is 2.15. The van der Waals surface area contributed by atoms with Gasteiger partial charge in [-0.05, 0) is 12.1 Å². The maximum Gasteiger partial charge on any atom is 0.163 e. The van der Waals surface area contributed by atoms with Gasteiger partial charge in [0.1, 0.15) is 5.75 Å². The molecule has 0 spiro atoms. The van der Waals surface area contributed by atoms with E-state index in [1.54, 1.807) is 26.4 Å². The van der Waals surface area contributed by atoms with Gasteiger partial charge < -0.3 is 14.6 Å². The van der Waals surface area contributed by atoms with Crippen molar-refractivity contribution in [2.45, 2.75) is 19.6 Å². The van der Waals surface area contributed by atoms with Crippen LogP contribution < -0.4 is 14.7 Å². The van der Waals surface area contributed by atoms with E-state index in [-0.39, 0.29) is 0 Å². The zero-order valence-electron chi connectivity index (χ0n) is 9.92. The van der Waals surface area contributed by atoms with Gasteiger partial charge in [-0.15, -0.1) is 0 Å². The minimum Gasteiger partial charge on any atom is -0.508 e. The van der Waals surface area contributed by atoms with Crippen LogP contribution in [-0.4, -0.2) is 27.4 Å². The Morgan fingerprint density at radius 2 is 1.67 bits per heavy atom. The fraction of sp³-hybridized carbons (Fsp3) is 0.455. The molecule has 0 radical (unpaired) electrons. The highest BCUT2D eigenvalue weighted by Crippen LogP contribution is 2.31. The van der Waals surface area contributed by atoms with Crippen LogP contribution in [0.2, 0.25) is 19.6 Å². The Hall–Kier alpha value is -1.16. The van der Waals surface area contributed by atoms with Gasteiger partial charge in [-0.25, -0.2) is 0 Å². The lowest BCUT2D eigenvalue weighted by atomic mass is 10.3. The molecule has 0 fully saturated rings. The molecule has 0 amide bonds. The number of hydrogen-bond acceptors (Lipinski definition) is 3. The van der Waals surface area contributed by atoms with Gasteiger partial charge in [0.15, 0.2) is 11.5 Å². The zero-order valence-corrected chi connectivity index (χ0v) is 10.9. The Kier molecular flexibility index (Phi) is 3.29. The summed E-state index contributed by atoms with van der Waals surface area (Å²) in [6.07, 6.45) is 0. The van der Waals surface area contributed by atoms with E-state index in [9.17, 15) is 5.11 Å². The van der Waals surface area contributed by atoms with Crippen molar-refractivity contribution in [1.82, 2.24) is 0 Å². The van der Waals surface area contributed by atoms with Crippen LogP contribution in [-0.2, 0) is 0 Å². The number of benzene rings is 1. The first kappa shape index (κ1) is 11.9. The van der Waals surface area contributed by atoms with Gasteiger partial charge in [-0.3, -0.25) is 0 Å². The van der Waals surface area contributed by atoms with Crippen LogP contribution in [0, 0.1) is 0 Å². The standard InChI is InChI=1S/C11H18O3Si/c1-13-9-7-6-8(12)11(10(9)14-2)15(3,4)5/h6-7,12H,1-5H3. The van der Waals surface area contributed by atoms with Crippen LogP contribution in [0.3, 0.4) is 0 Å². The molecule has 0 bridgehead atoms. The van der Waals surface area contributed by atoms with Crippen LogP contribution in [0.15, 0.2) is 12.1 Å². The average molecular weight is 226 g/mol. The van der Waals surface area contributed by atoms with Crippen molar-refractivity contribution in [2.75, 3.05) is 14.2 Å². The Bertz CT molecular complexity index is 356. The second-order valence-corrected chi connectivity index (χ2v) is 9.45. The van der Waals surface area contributed by atoms with Crippen LogP contribution in [0.1, 0.15) is 0 Å². The predicted octanol–water partition coefficient (Wildman–Crippen LogP) is 1.95. The molecule has 0 aromatic heterocycles. The molecule has 3 nitrogen and oxygen atoms in total. The number of rotatable bonds is 3. The van der Waals surface area contributed by atoms with E-state index in [0.717, 1.165) is 5.19 Å². The number of phenolic OH excluding ortho intramolecular Hbond substituents is 1. The second kappa shape index (κ2) is 4.14. The van der Waals surface area contributed by atoms with Crippen LogP contribution in [0.4, 0.5) is 0 Å². The molecule has 1 N–H and O–H groups in total. The first-order valence-corrected chi connectivity index (χ1v) is 8.36. The van der Waals surface area contributed by atoms with Crippen molar-refractivity contribution >= 4 is 13.3 Å². The van der Waals surface area contributed by atoms with Gasteiger partial charge in [-0.2, -0.15) is 0 Å². The number of ether oxygens (including phenoxy) is 2. The molecule has 0 aliphatic rings. The first-order valence-electron chi connectivity index (χ1n) is 4.86. The van der Waals surface area contributed by atoms with Gasteiger partial charge in [-0.1, -0.05) is 19.6 Å². The Morgan fingerprint density at radius 1 is 1.07 bits per heavy atom. The molecule has 84 valence electrons. The number of hydrogen-bond donors (Lipinski definition) is 1. The number of phenols is 1. The first-order chi connectivity index (χ1) is 6.91. The summed E-state index contributed by atoms with van der Waals surface area (Å²) in [5.41, 5.74) is 0. The van der Waals surface area contributed by atoms with E-state index in [2.05, 4.69) is 19.6 Å². The van der Waals surface area contributed by atoms with Crippen molar-refractivity contribution in [2.24, 2.45) is 0 Å². The summed E-state index contributed by atoms with van der Waals surface area (Å²) < 4.78 is 10.5. The Morgan fingerprint density at radius 3 is 2.07 bits per heavy atom. The fourth-order valence-corrected chi connectivity index (χ4v) is 3.40. The van der Waals surface area contributed by atoms with Crippen molar-refractivity contribution < 1.29 is 14.6 Å². The molecule has 0 heterocycles. The lowest BCUT2D eigenvalue weighted by Gasteiger charge is -2.22. The third kappa shape index (κ3) is 2.26. The smallest absolute Gasteiger partial charge is 0.163 e. The second-order valence-electron chi connectivity index (χ2n) is 4.45. The summed E-state index contributed by atoms with van der Waals surface area (Å²) in [5, 5.41) is 10.8. The van der Waals surface area contributed by atoms with E-state index in [0.29, 0.717) is 17.2 Å². The van der Waals surface area contributed by atoms with Gasteiger partial charge in [0.05, 0.1) is 22.3 Å². The quantitative estimate of drug-likeness (QED) is 0.801. The van der Waals surface area contributed by atoms with Gasteiger partial charge in [0.25, 0.3) is 0 Å². The molecule has 0 aliphatic heterocycles. The van der Waals surface area contributed by atoms with Crippen LogP contribution in [0.5, 0.6) is 17.2 Å². The molecule has 4 heteroatoms. The van der Waals surface area contributed by atoms with Crippen LogP contribution in [0.25, 0.3) is 0 Å². The van der Waals surface area contributed by atoms with E-state index < -0.39 is 8.07 Å². The Balaban J connectivity index is 3.46. The van der Waals surface area contributed by atoms with E-state index in [4.69, 9.17) is 9.47 Å². The van der Waals surface area contributed by atoms with Crippen molar-refractivity contribution in [3.63, 3.8) is 0 Å². The molecule has 0 aliphatic carbocycles. The van der Waals surface area contributed by atoms with Crippen molar-refractivity contribution in [3.05, 3.63) is 12.1 Å². The minimum atomic E-state index is -1.65. The van der Waals surface area contributed by atoms with Crippen molar-refractivity contribution in [1.29, 1.82) is 0 Å². The highest BCUT2D eigenvalue weighted by atomic mass is 28.3. The summed E-state index contributed by atoms with van der Waals surface area (Å²) in [6.45, 7) is 6.47. The van der Waals surface area contributed by atoms with Gasteiger partial charge >= 0.3 is 0 Å². The largest absolute Gasteiger partial charge is 0.508 e. The minimum absolute atomic E-state index is 0.298. The fourth-order valence-electron chi connectivity index (χ4n) is 1.64. The van der Waals surface area contributed by atoms with E-state index >= 15 is 0 Å². The summed E-state index contributed by atoms with van der Waals surface area (Å²) in [4.78, 5) is 0. The number of aromatic hydroxyl groups is 1. The summed E-state index contributed by atoms with van der Waals surface area (Å²) in [5.74, 6) is 1.64. The summed E-state index contributed by atoms with van der Waals surface area (Å²) in [6, 6.07) is 3.38. The molecular formula is C11H18O3Si. The Labute approximate surface area is 91.7 Å². The molecular weight excluding hydrogens is 208 g/mol. The number of methoxy groups -OCH3 is 2. The topological polar surface area (TPSA) is 38.7 Å². The lowest BCUT2D eigenvalue weighted by molar-refractivity contribution is 0.354. The van der Waals surface area contributed by atoms with E-state index in [1.807, 2.05) is 0 Å². The zero-order chi connectivity index (χ0) is 11.6. The maximum atomic E-state index is 9.88. The molecule has 0 saturated heterocycles. The molecule has 1 rings (SSSR count). The monoisotopic (exact) mass is 226 g/mol. The molecule has 1 aromatic rings. The molecule has 1 aromatic carbocycles. The highest BCUT2D eigenvalue weighted by molar-refractivity contribution is 6.90. The van der Waals surface area contributed by atoms with E-state index in [1.165, 1.54) is 0 Å². The molecule has 15 heavy (non-hydrogen) atoms. The van der Waals surface area contributed by atoms with Crippen LogP contribution >= 0.6 is 0 Å². The third-order valence-electron chi connectivity index (χ3n) is 2.27. The lowest BCUT2D eigenvalue weighted by Crippen LogP contribution is -2.38. The summed E-state index contributed by atoms with van der Waals surface area (Å²) >= 11 is 0. The SMILES string of the molecule is COc1ccc(O)c([Si](C)(C)C)c1OC. The predicted molar refractivity (Wildman–Crippen MR) is 64.2 cm³/mol. The van der Waals surface area contributed by atoms with Crippen molar-refractivity contribution in [3.8, 4) is 17.2 Å².